The van der Waals surface area contributed by atoms with Crippen LogP contribution in [0.1, 0.15) is 16.7 Å². The number of ether oxygens (including phenoxy) is 1. The lowest BCUT2D eigenvalue weighted by Gasteiger charge is -2.08. The average Bonchev–Trinajstić information content (AvgIpc) is 2.65. The van der Waals surface area contributed by atoms with E-state index in [0.29, 0.717) is 5.56 Å². The summed E-state index contributed by atoms with van der Waals surface area (Å²) in [7, 11) is 1.63. The summed E-state index contributed by atoms with van der Waals surface area (Å²) < 4.78 is 5.42. The summed E-state index contributed by atoms with van der Waals surface area (Å²) in [5.74, 6) is 0.735. The first-order valence-corrected chi connectivity index (χ1v) is 7.52. The first-order valence-electron chi connectivity index (χ1n) is 7.52. The first-order chi connectivity index (χ1) is 11.8. The molecule has 0 heterocycles. The standard InChI is InChI=1S/C20H16N2O2/c1-23-20-11-10-15-6-4-5-9-18(15)19(20)13-22-24-14-17-8-3-2-7-16(17)12-21/h2-11,13H,14H2,1H3/b22-13+. The van der Waals surface area contributed by atoms with Crippen LogP contribution in [0.3, 0.4) is 0 Å². The van der Waals surface area contributed by atoms with Gasteiger partial charge in [-0.2, -0.15) is 5.26 Å². The minimum absolute atomic E-state index is 0.243. The minimum Gasteiger partial charge on any atom is -0.496 e. The van der Waals surface area contributed by atoms with Crippen LogP contribution in [0.4, 0.5) is 0 Å². The van der Waals surface area contributed by atoms with Gasteiger partial charge in [0, 0.05) is 11.1 Å². The van der Waals surface area contributed by atoms with Crippen molar-refractivity contribution in [2.24, 2.45) is 5.16 Å². The summed E-state index contributed by atoms with van der Waals surface area (Å²) in [5.41, 5.74) is 2.27. The molecule has 4 nitrogen and oxygen atoms in total. The predicted octanol–water partition coefficient (Wildman–Crippen LogP) is 4.27. The molecule has 0 atom stereocenters. The number of rotatable bonds is 5. The van der Waals surface area contributed by atoms with Crippen LogP contribution in [0.2, 0.25) is 0 Å². The Bertz CT molecular complexity index is 926. The van der Waals surface area contributed by atoms with E-state index >= 15 is 0 Å². The second-order valence-corrected chi connectivity index (χ2v) is 5.18. The normalized spacial score (nSPS) is 10.7. The molecule has 0 aromatic heterocycles. The highest BCUT2D eigenvalue weighted by molar-refractivity contribution is 6.02. The van der Waals surface area contributed by atoms with E-state index in [2.05, 4.69) is 11.2 Å². The maximum Gasteiger partial charge on any atom is 0.143 e. The van der Waals surface area contributed by atoms with Crippen LogP contribution >= 0.6 is 0 Å². The van der Waals surface area contributed by atoms with Gasteiger partial charge in [-0.25, -0.2) is 0 Å². The van der Waals surface area contributed by atoms with Crippen molar-refractivity contribution in [2.45, 2.75) is 6.61 Å². The number of benzene rings is 3. The van der Waals surface area contributed by atoms with Gasteiger partial charge in [-0.3, -0.25) is 0 Å². The molecule has 3 rings (SSSR count). The fraction of sp³-hybridized carbons (Fsp3) is 0.100. The second-order valence-electron chi connectivity index (χ2n) is 5.18. The van der Waals surface area contributed by atoms with Crippen molar-refractivity contribution in [2.75, 3.05) is 7.11 Å². The van der Waals surface area contributed by atoms with E-state index in [-0.39, 0.29) is 6.61 Å². The summed E-state index contributed by atoms with van der Waals surface area (Å²) in [6.45, 7) is 0.243. The Labute approximate surface area is 140 Å². The fourth-order valence-electron chi connectivity index (χ4n) is 2.54. The SMILES string of the molecule is COc1ccc2ccccc2c1/C=N/OCc1ccccc1C#N. The van der Waals surface area contributed by atoms with Crippen LogP contribution in [0.5, 0.6) is 5.75 Å². The Balaban J connectivity index is 1.82. The highest BCUT2D eigenvalue weighted by atomic mass is 16.6. The summed E-state index contributed by atoms with van der Waals surface area (Å²) in [6.07, 6.45) is 1.65. The van der Waals surface area contributed by atoms with Gasteiger partial charge >= 0.3 is 0 Å². The van der Waals surface area contributed by atoms with Crippen molar-refractivity contribution in [3.05, 3.63) is 77.4 Å². The molecule has 0 fully saturated rings. The van der Waals surface area contributed by atoms with Gasteiger partial charge in [-0.1, -0.05) is 53.7 Å². The van der Waals surface area contributed by atoms with Crippen molar-refractivity contribution in [1.82, 2.24) is 0 Å². The van der Waals surface area contributed by atoms with E-state index < -0.39 is 0 Å². The smallest absolute Gasteiger partial charge is 0.143 e. The molecule has 0 aliphatic heterocycles. The van der Waals surface area contributed by atoms with E-state index in [1.165, 1.54) is 0 Å². The zero-order valence-corrected chi connectivity index (χ0v) is 13.3. The van der Waals surface area contributed by atoms with Crippen LogP contribution in [-0.2, 0) is 11.4 Å². The van der Waals surface area contributed by atoms with Crippen molar-refractivity contribution >= 4 is 17.0 Å². The minimum atomic E-state index is 0.243. The van der Waals surface area contributed by atoms with E-state index in [1.807, 2.05) is 54.6 Å². The molecule has 0 spiro atoms. The summed E-state index contributed by atoms with van der Waals surface area (Å²) in [4.78, 5) is 5.38. The van der Waals surface area contributed by atoms with Crippen molar-refractivity contribution in [1.29, 1.82) is 5.26 Å². The number of oxime groups is 1. The fourth-order valence-corrected chi connectivity index (χ4v) is 2.54. The van der Waals surface area contributed by atoms with E-state index in [0.717, 1.165) is 27.6 Å². The Morgan fingerprint density at radius 3 is 2.67 bits per heavy atom. The molecule has 0 aliphatic carbocycles. The number of fused-ring (bicyclic) bond motifs is 1. The Hall–Kier alpha value is -3.32. The van der Waals surface area contributed by atoms with Gasteiger partial charge in [0.05, 0.1) is 25.0 Å². The summed E-state index contributed by atoms with van der Waals surface area (Å²) in [6, 6.07) is 21.4. The molecule has 24 heavy (non-hydrogen) atoms. The monoisotopic (exact) mass is 316 g/mol. The van der Waals surface area contributed by atoms with Gasteiger partial charge in [-0.05, 0) is 22.9 Å². The number of methoxy groups -OCH3 is 1. The molecule has 0 saturated carbocycles. The maximum atomic E-state index is 9.08. The van der Waals surface area contributed by atoms with Crippen LogP contribution < -0.4 is 4.74 Å². The third-order valence-corrected chi connectivity index (χ3v) is 3.76. The van der Waals surface area contributed by atoms with Gasteiger partial charge in [0.25, 0.3) is 0 Å². The molecule has 3 aromatic rings. The second kappa shape index (κ2) is 7.30. The molecule has 0 amide bonds. The van der Waals surface area contributed by atoms with Gasteiger partial charge < -0.3 is 9.57 Å². The molecule has 4 heteroatoms. The number of nitriles is 1. The molecule has 3 aromatic carbocycles. The summed E-state index contributed by atoms with van der Waals surface area (Å²) in [5, 5.41) is 15.3. The van der Waals surface area contributed by atoms with Crippen LogP contribution in [-0.4, -0.2) is 13.3 Å². The maximum absolute atomic E-state index is 9.08. The highest BCUT2D eigenvalue weighted by Gasteiger charge is 2.06. The van der Waals surface area contributed by atoms with E-state index in [1.54, 1.807) is 19.4 Å². The largest absolute Gasteiger partial charge is 0.496 e. The molecular formula is C20H16N2O2. The van der Waals surface area contributed by atoms with Gasteiger partial charge in [0.15, 0.2) is 0 Å². The van der Waals surface area contributed by atoms with Crippen molar-refractivity contribution in [3.8, 4) is 11.8 Å². The Morgan fingerprint density at radius 1 is 1.04 bits per heavy atom. The molecule has 0 unspecified atom stereocenters. The lowest BCUT2D eigenvalue weighted by Crippen LogP contribution is -1.95. The molecule has 118 valence electrons. The lowest BCUT2D eigenvalue weighted by molar-refractivity contribution is 0.132. The van der Waals surface area contributed by atoms with Crippen molar-refractivity contribution < 1.29 is 9.57 Å². The average molecular weight is 316 g/mol. The number of hydrogen-bond donors (Lipinski definition) is 0. The molecule has 0 bridgehead atoms. The van der Waals surface area contributed by atoms with Gasteiger partial charge in [-0.15, -0.1) is 0 Å². The third-order valence-electron chi connectivity index (χ3n) is 3.76. The van der Waals surface area contributed by atoms with E-state index in [4.69, 9.17) is 14.8 Å². The zero-order valence-electron chi connectivity index (χ0n) is 13.3. The molecule has 0 N–H and O–H groups in total. The van der Waals surface area contributed by atoms with Crippen molar-refractivity contribution in [3.63, 3.8) is 0 Å². The van der Waals surface area contributed by atoms with Crippen LogP contribution in [0.25, 0.3) is 10.8 Å². The zero-order chi connectivity index (χ0) is 16.8. The van der Waals surface area contributed by atoms with Gasteiger partial charge in [0.2, 0.25) is 0 Å². The molecule has 0 aliphatic rings. The quantitative estimate of drug-likeness (QED) is 0.522. The predicted molar refractivity (Wildman–Crippen MR) is 94.0 cm³/mol. The Kier molecular flexibility index (Phi) is 4.73. The molecular weight excluding hydrogens is 300 g/mol. The number of nitrogens with zero attached hydrogens (tertiary/aromatic N) is 2. The van der Waals surface area contributed by atoms with Gasteiger partial charge in [0.1, 0.15) is 12.4 Å². The van der Waals surface area contributed by atoms with Crippen LogP contribution in [0.15, 0.2) is 65.8 Å². The molecule has 0 radical (unpaired) electrons. The van der Waals surface area contributed by atoms with E-state index in [9.17, 15) is 0 Å². The Morgan fingerprint density at radius 2 is 1.83 bits per heavy atom. The third kappa shape index (κ3) is 3.21. The topological polar surface area (TPSA) is 54.6 Å². The van der Waals surface area contributed by atoms with Crippen LogP contribution in [0, 0.1) is 11.3 Å². The molecule has 0 saturated heterocycles. The lowest BCUT2D eigenvalue weighted by atomic mass is 10.0. The summed E-state index contributed by atoms with van der Waals surface area (Å²) >= 11 is 0. The highest BCUT2D eigenvalue weighted by Crippen LogP contribution is 2.26. The first kappa shape index (κ1) is 15.6. The number of hydrogen-bond acceptors (Lipinski definition) is 4.